The van der Waals surface area contributed by atoms with E-state index in [1.54, 1.807) is 6.08 Å². The zero-order valence-corrected chi connectivity index (χ0v) is 26.1. The molecular formula is C40H35N5O3. The molecule has 8 nitrogen and oxygen atoms in total. The van der Waals surface area contributed by atoms with Crippen molar-refractivity contribution < 1.29 is 14.2 Å². The van der Waals surface area contributed by atoms with Gasteiger partial charge in [0.1, 0.15) is 23.4 Å². The minimum absolute atomic E-state index is 0.203. The molecular weight excluding hydrogens is 598 g/mol. The highest BCUT2D eigenvalue weighted by molar-refractivity contribution is 5.91. The number of fused-ring (bicyclic) bond motifs is 1. The van der Waals surface area contributed by atoms with Crippen LogP contribution in [0.1, 0.15) is 0 Å². The first kappa shape index (κ1) is 30.4. The minimum atomic E-state index is -0.603. The average Bonchev–Trinajstić information content (AvgIpc) is 3.20. The number of allylic oxidation sites excluding steroid dienone is 4. The summed E-state index contributed by atoms with van der Waals surface area (Å²) in [4.78, 5) is 6.75. The third-order valence-corrected chi connectivity index (χ3v) is 7.76. The molecule has 0 saturated heterocycles. The Bertz CT molecular complexity index is 1960. The number of pyridine rings is 1. The van der Waals surface area contributed by atoms with Crippen LogP contribution >= 0.6 is 0 Å². The molecule has 2 heterocycles. The number of hydrogen-bond acceptors (Lipinski definition) is 8. The second-order valence-electron chi connectivity index (χ2n) is 11.1. The van der Waals surface area contributed by atoms with Crippen LogP contribution in [0.25, 0.3) is 0 Å². The van der Waals surface area contributed by atoms with Crippen LogP contribution in [0.4, 0.5) is 28.4 Å². The lowest BCUT2D eigenvalue weighted by molar-refractivity contribution is 0.239. The van der Waals surface area contributed by atoms with Crippen LogP contribution in [0.15, 0.2) is 170 Å². The third-order valence-electron chi connectivity index (χ3n) is 7.76. The Kier molecular flexibility index (Phi) is 9.15. The molecule has 0 fully saturated rings. The predicted octanol–water partition coefficient (Wildman–Crippen LogP) is 8.86. The maximum atomic E-state index is 6.41. The Labute approximate surface area is 280 Å². The molecule has 0 spiro atoms. The van der Waals surface area contributed by atoms with E-state index in [1.165, 1.54) is 0 Å². The number of ether oxygens (including phenoxy) is 3. The van der Waals surface area contributed by atoms with E-state index in [2.05, 4.69) is 16.7 Å². The number of benzene rings is 4. The lowest BCUT2D eigenvalue weighted by atomic mass is 10.0. The maximum absolute atomic E-state index is 6.41. The lowest BCUT2D eigenvalue weighted by Crippen LogP contribution is -2.36. The van der Waals surface area contributed by atoms with Gasteiger partial charge in [-0.05, 0) is 66.8 Å². The van der Waals surface area contributed by atoms with Crippen molar-refractivity contribution in [2.45, 2.75) is 18.4 Å². The van der Waals surface area contributed by atoms with Crippen molar-refractivity contribution in [2.24, 2.45) is 5.73 Å². The van der Waals surface area contributed by atoms with Gasteiger partial charge in [-0.3, -0.25) is 10.7 Å². The fourth-order valence-corrected chi connectivity index (χ4v) is 5.49. The molecule has 48 heavy (non-hydrogen) atoms. The predicted molar refractivity (Wildman–Crippen MR) is 192 cm³/mol. The number of aromatic nitrogens is 1. The maximum Gasteiger partial charge on any atom is 0.167 e. The SMILES string of the molecule is NC1/C=C\C=C/N(c2cncc(NC3C=CC=CC3Oc3ccccc3)c2Nc2ccccc2Oc2ccccc2)c2ccccc2O1. The van der Waals surface area contributed by atoms with Crippen molar-refractivity contribution in [3.63, 3.8) is 0 Å². The molecule has 3 atom stereocenters. The Morgan fingerprint density at radius 2 is 1.38 bits per heavy atom. The molecule has 0 amide bonds. The smallest absolute Gasteiger partial charge is 0.167 e. The van der Waals surface area contributed by atoms with E-state index in [9.17, 15) is 0 Å². The Morgan fingerprint density at radius 1 is 0.667 bits per heavy atom. The van der Waals surface area contributed by atoms with E-state index < -0.39 is 6.23 Å². The van der Waals surface area contributed by atoms with Crippen LogP contribution in [0.5, 0.6) is 23.0 Å². The van der Waals surface area contributed by atoms with Crippen molar-refractivity contribution in [2.75, 3.05) is 15.5 Å². The molecule has 1 aromatic heterocycles. The summed E-state index contributed by atoms with van der Waals surface area (Å²) in [5.41, 5.74) is 10.1. The first-order valence-corrected chi connectivity index (χ1v) is 15.8. The minimum Gasteiger partial charge on any atom is -0.484 e. The molecule has 1 aliphatic heterocycles. The molecule has 0 bridgehead atoms. The first-order chi connectivity index (χ1) is 23.7. The second-order valence-corrected chi connectivity index (χ2v) is 11.1. The fourth-order valence-electron chi connectivity index (χ4n) is 5.49. The molecule has 0 radical (unpaired) electrons. The lowest BCUT2D eigenvalue weighted by Gasteiger charge is -2.30. The normalized spacial score (nSPS) is 19.4. The van der Waals surface area contributed by atoms with Gasteiger partial charge in [0.05, 0.1) is 46.9 Å². The van der Waals surface area contributed by atoms with Gasteiger partial charge in [-0.2, -0.15) is 0 Å². The number of anilines is 5. The van der Waals surface area contributed by atoms with Gasteiger partial charge in [0, 0.05) is 6.20 Å². The molecule has 4 N–H and O–H groups in total. The van der Waals surface area contributed by atoms with Crippen LogP contribution in [0.2, 0.25) is 0 Å². The van der Waals surface area contributed by atoms with Crippen molar-refractivity contribution >= 4 is 28.4 Å². The number of hydrogen-bond donors (Lipinski definition) is 3. The summed E-state index contributed by atoms with van der Waals surface area (Å²) < 4.78 is 18.9. The van der Waals surface area contributed by atoms with Crippen LogP contribution in [0, 0.1) is 0 Å². The molecule has 1 aliphatic carbocycles. The van der Waals surface area contributed by atoms with E-state index in [0.29, 0.717) is 11.5 Å². The monoisotopic (exact) mass is 633 g/mol. The van der Waals surface area contributed by atoms with Gasteiger partial charge in [-0.1, -0.05) is 85.0 Å². The first-order valence-electron chi connectivity index (χ1n) is 15.8. The number of nitrogens with zero attached hydrogens (tertiary/aromatic N) is 2. The van der Waals surface area contributed by atoms with E-state index in [0.717, 1.165) is 39.9 Å². The van der Waals surface area contributed by atoms with Gasteiger partial charge in [0.2, 0.25) is 0 Å². The summed E-state index contributed by atoms with van der Waals surface area (Å²) in [6.07, 6.45) is 18.5. The molecule has 0 saturated carbocycles. The highest BCUT2D eigenvalue weighted by Crippen LogP contribution is 2.44. The van der Waals surface area contributed by atoms with E-state index in [1.807, 2.05) is 163 Å². The number of para-hydroxylation sites is 6. The van der Waals surface area contributed by atoms with Gasteiger partial charge in [0.15, 0.2) is 12.0 Å². The molecule has 2 aliphatic rings. The van der Waals surface area contributed by atoms with Crippen LogP contribution in [0.3, 0.4) is 0 Å². The van der Waals surface area contributed by atoms with Crippen LogP contribution in [-0.4, -0.2) is 23.4 Å². The zero-order chi connectivity index (χ0) is 32.5. The van der Waals surface area contributed by atoms with Crippen LogP contribution < -0.4 is 35.5 Å². The van der Waals surface area contributed by atoms with Gasteiger partial charge in [-0.15, -0.1) is 0 Å². The highest BCUT2D eigenvalue weighted by atomic mass is 16.5. The average molecular weight is 634 g/mol. The van der Waals surface area contributed by atoms with Crippen LogP contribution in [-0.2, 0) is 0 Å². The summed E-state index contributed by atoms with van der Waals surface area (Å²) in [6.45, 7) is 0. The molecule has 8 heteroatoms. The fraction of sp³-hybridized carbons (Fsp3) is 0.0750. The standard InChI is InChI=1S/C40H35N5O3/c41-39-25-13-14-26-45(34-21-9-12-24-38(34)48-39)35-28-42-27-33(43-31-19-7-10-22-36(31)46-29-15-3-1-4-16-29)40(35)44-32-20-8-11-23-37(32)47-30-17-5-2-6-18-30/h1-28,31,36,39,43H,41H2,(H,42,44)/b25-13-,26-14-. The summed E-state index contributed by atoms with van der Waals surface area (Å²) in [5, 5.41) is 7.42. The van der Waals surface area contributed by atoms with Gasteiger partial charge < -0.3 is 29.7 Å². The Hall–Kier alpha value is -6.25. The van der Waals surface area contributed by atoms with Crippen molar-refractivity contribution in [3.8, 4) is 23.0 Å². The molecule has 5 aromatic rings. The van der Waals surface area contributed by atoms with E-state index >= 15 is 0 Å². The third kappa shape index (κ3) is 7.09. The van der Waals surface area contributed by atoms with Crippen molar-refractivity contribution in [1.82, 2.24) is 4.98 Å². The Morgan fingerprint density at radius 3 is 2.23 bits per heavy atom. The molecule has 4 aromatic carbocycles. The summed E-state index contributed by atoms with van der Waals surface area (Å²) in [5.74, 6) is 2.82. The largest absolute Gasteiger partial charge is 0.484 e. The number of rotatable bonds is 9. The van der Waals surface area contributed by atoms with E-state index in [-0.39, 0.29) is 12.1 Å². The van der Waals surface area contributed by atoms with Crippen molar-refractivity contribution in [1.29, 1.82) is 0 Å². The quantitative estimate of drug-likeness (QED) is 0.148. The molecule has 7 rings (SSSR count). The van der Waals surface area contributed by atoms with Gasteiger partial charge >= 0.3 is 0 Å². The molecule has 238 valence electrons. The topological polar surface area (TPSA) is 93.9 Å². The zero-order valence-electron chi connectivity index (χ0n) is 26.1. The Balaban J connectivity index is 1.32. The molecule has 3 unspecified atom stereocenters. The van der Waals surface area contributed by atoms with Crippen molar-refractivity contribution in [3.05, 3.63) is 170 Å². The summed E-state index contributed by atoms with van der Waals surface area (Å²) >= 11 is 0. The van der Waals surface area contributed by atoms with Gasteiger partial charge in [0.25, 0.3) is 0 Å². The highest BCUT2D eigenvalue weighted by Gasteiger charge is 2.25. The second kappa shape index (κ2) is 14.5. The van der Waals surface area contributed by atoms with E-state index in [4.69, 9.17) is 24.9 Å². The number of nitrogens with one attached hydrogen (secondary N) is 2. The number of nitrogens with two attached hydrogens (primary N) is 1. The van der Waals surface area contributed by atoms with Gasteiger partial charge in [-0.25, -0.2) is 0 Å². The summed E-state index contributed by atoms with van der Waals surface area (Å²) in [7, 11) is 0. The summed E-state index contributed by atoms with van der Waals surface area (Å²) in [6, 6.07) is 35.0.